The van der Waals surface area contributed by atoms with Gasteiger partial charge in [-0.1, -0.05) is 50.0 Å². The zero-order chi connectivity index (χ0) is 21.3. The van der Waals surface area contributed by atoms with E-state index in [0.29, 0.717) is 44.7 Å². The number of aliphatic hydroxyl groups excluding tert-OH is 2. The Labute approximate surface area is 181 Å². The van der Waals surface area contributed by atoms with E-state index < -0.39 is 6.10 Å². The number of hydrogen-bond donors (Lipinski definition) is 3. The Hall–Kier alpha value is -1.21. The number of ether oxygens (including phenoxy) is 1. The van der Waals surface area contributed by atoms with Crippen LogP contribution in [0.3, 0.4) is 0 Å². The van der Waals surface area contributed by atoms with Crippen LogP contribution >= 0.6 is 0 Å². The van der Waals surface area contributed by atoms with Crippen LogP contribution in [-0.4, -0.2) is 72.6 Å². The van der Waals surface area contributed by atoms with Crippen LogP contribution in [-0.2, 0) is 9.53 Å². The van der Waals surface area contributed by atoms with Gasteiger partial charge >= 0.3 is 0 Å². The highest BCUT2D eigenvalue weighted by molar-refractivity contribution is 5.78. The molecular formula is C24H40N2O4. The highest BCUT2D eigenvalue weighted by Gasteiger charge is 2.43. The van der Waals surface area contributed by atoms with Crippen molar-refractivity contribution in [3.05, 3.63) is 23.8 Å². The molecule has 170 valence electrons. The van der Waals surface area contributed by atoms with Crippen molar-refractivity contribution in [2.24, 2.45) is 17.8 Å². The van der Waals surface area contributed by atoms with Gasteiger partial charge in [-0.15, -0.1) is 0 Å². The number of hydrogen-bond acceptors (Lipinski definition) is 5. The van der Waals surface area contributed by atoms with Crippen LogP contribution in [0.1, 0.15) is 51.9 Å². The molecule has 1 saturated heterocycles. The van der Waals surface area contributed by atoms with Gasteiger partial charge in [0.15, 0.2) is 0 Å². The molecule has 0 unspecified atom stereocenters. The number of aliphatic hydroxyl groups is 2. The maximum atomic E-state index is 12.2. The number of carbonyl (C=O) groups excluding carboxylic acids is 1. The van der Waals surface area contributed by atoms with Gasteiger partial charge in [0.25, 0.3) is 0 Å². The van der Waals surface area contributed by atoms with Gasteiger partial charge in [-0.3, -0.25) is 4.79 Å². The average Bonchev–Trinajstić information content (AvgIpc) is 3.26. The van der Waals surface area contributed by atoms with Gasteiger partial charge in [0, 0.05) is 19.0 Å². The number of allylic oxidation sites excluding steroid dienone is 1. The third kappa shape index (κ3) is 6.64. The van der Waals surface area contributed by atoms with E-state index in [0.717, 1.165) is 51.5 Å². The van der Waals surface area contributed by atoms with Gasteiger partial charge in [-0.2, -0.15) is 0 Å². The molecule has 3 rings (SSSR count). The van der Waals surface area contributed by atoms with Gasteiger partial charge < -0.3 is 25.2 Å². The lowest BCUT2D eigenvalue weighted by atomic mass is 9.88. The zero-order valence-corrected chi connectivity index (χ0v) is 18.5. The number of nitrogens with one attached hydrogen (secondary N) is 1. The van der Waals surface area contributed by atoms with Crippen molar-refractivity contribution in [1.29, 1.82) is 0 Å². The summed E-state index contributed by atoms with van der Waals surface area (Å²) in [6, 6.07) is 0. The van der Waals surface area contributed by atoms with E-state index in [9.17, 15) is 15.0 Å². The molecular weight excluding hydrogens is 380 g/mol. The maximum Gasteiger partial charge on any atom is 0.236 e. The van der Waals surface area contributed by atoms with Crippen LogP contribution in [0.25, 0.3) is 0 Å². The lowest BCUT2D eigenvalue weighted by Crippen LogP contribution is -2.44. The fourth-order valence-electron chi connectivity index (χ4n) is 5.12. The third-order valence-corrected chi connectivity index (χ3v) is 6.87. The number of rotatable bonds is 11. The molecule has 1 saturated carbocycles. The monoisotopic (exact) mass is 420 g/mol. The van der Waals surface area contributed by atoms with Crippen LogP contribution in [0.2, 0.25) is 0 Å². The van der Waals surface area contributed by atoms with E-state index in [4.69, 9.17) is 4.74 Å². The molecule has 0 radical (unpaired) electrons. The van der Waals surface area contributed by atoms with E-state index >= 15 is 0 Å². The molecule has 5 atom stereocenters. The normalized spacial score (nSPS) is 30.0. The van der Waals surface area contributed by atoms with Gasteiger partial charge in [0.1, 0.15) is 0 Å². The highest BCUT2D eigenvalue weighted by Crippen LogP contribution is 2.47. The van der Waals surface area contributed by atoms with Crippen LogP contribution in [0.5, 0.6) is 0 Å². The molecule has 0 bridgehead atoms. The fraction of sp³-hybridized carbons (Fsp3) is 0.792. The van der Waals surface area contributed by atoms with Crippen molar-refractivity contribution >= 4 is 5.91 Å². The second-order valence-electron chi connectivity index (χ2n) is 9.11. The zero-order valence-electron chi connectivity index (χ0n) is 18.5. The summed E-state index contributed by atoms with van der Waals surface area (Å²) < 4.78 is 5.29. The number of unbranched alkanes of at least 4 members (excludes halogenated alkanes) is 2. The van der Waals surface area contributed by atoms with E-state index in [-0.39, 0.29) is 17.9 Å². The first-order valence-electron chi connectivity index (χ1n) is 11.9. The lowest BCUT2D eigenvalue weighted by Gasteiger charge is -2.27. The first kappa shape index (κ1) is 23.5. The van der Waals surface area contributed by atoms with Crippen molar-refractivity contribution < 1.29 is 19.7 Å². The minimum Gasteiger partial charge on any atom is -0.392 e. The van der Waals surface area contributed by atoms with Crippen LogP contribution < -0.4 is 5.32 Å². The van der Waals surface area contributed by atoms with Crippen LogP contribution in [0.15, 0.2) is 23.8 Å². The predicted octanol–water partition coefficient (Wildman–Crippen LogP) is 2.27. The first-order chi connectivity index (χ1) is 14.6. The highest BCUT2D eigenvalue weighted by atomic mass is 16.5. The smallest absolute Gasteiger partial charge is 0.236 e. The molecule has 2 aliphatic carbocycles. The largest absolute Gasteiger partial charge is 0.392 e. The van der Waals surface area contributed by atoms with Crippen molar-refractivity contribution in [3.63, 3.8) is 0 Å². The number of morpholine rings is 1. The Bertz CT molecular complexity index is 600. The van der Waals surface area contributed by atoms with Gasteiger partial charge in [-0.05, 0) is 44.1 Å². The molecule has 1 amide bonds. The number of amides is 1. The summed E-state index contributed by atoms with van der Waals surface area (Å²) in [7, 11) is 0. The Morgan fingerprint density at radius 2 is 2.17 bits per heavy atom. The Morgan fingerprint density at radius 3 is 2.93 bits per heavy atom. The van der Waals surface area contributed by atoms with Gasteiger partial charge in [0.2, 0.25) is 5.91 Å². The molecule has 30 heavy (non-hydrogen) atoms. The average molecular weight is 421 g/mol. The number of nitrogens with zero attached hydrogens (tertiary/aromatic N) is 1. The summed E-state index contributed by atoms with van der Waals surface area (Å²) >= 11 is 0. The van der Waals surface area contributed by atoms with Crippen molar-refractivity contribution in [3.8, 4) is 0 Å². The number of carbonyl (C=O) groups is 1. The Morgan fingerprint density at radius 1 is 1.37 bits per heavy atom. The summed E-state index contributed by atoms with van der Waals surface area (Å²) in [6.45, 7) is 6.02. The lowest BCUT2D eigenvalue weighted by molar-refractivity contribution is -0.134. The molecule has 3 aliphatic rings. The molecule has 6 heteroatoms. The molecule has 0 spiro atoms. The van der Waals surface area contributed by atoms with Gasteiger partial charge in [-0.25, -0.2) is 0 Å². The van der Waals surface area contributed by atoms with E-state index in [1.807, 2.05) is 11.0 Å². The molecule has 0 aromatic heterocycles. The third-order valence-electron chi connectivity index (χ3n) is 6.87. The minimum atomic E-state index is -0.398. The summed E-state index contributed by atoms with van der Waals surface area (Å²) in [6.07, 6.45) is 12.6. The first-order valence-corrected chi connectivity index (χ1v) is 11.9. The Balaban J connectivity index is 1.37. The second kappa shape index (κ2) is 12.0. The molecule has 3 N–H and O–H groups in total. The molecule has 0 aromatic rings. The SMILES string of the molecule is CCCCC[C@H](O)C=C[C@@H]1[C@H]2CC(CCNCC(=O)N3CCOCC3)=C[C@H]2C[C@H]1O. The molecule has 1 heterocycles. The summed E-state index contributed by atoms with van der Waals surface area (Å²) in [4.78, 5) is 14.0. The summed E-state index contributed by atoms with van der Waals surface area (Å²) in [5, 5.41) is 23.9. The van der Waals surface area contributed by atoms with Crippen LogP contribution in [0.4, 0.5) is 0 Å². The maximum absolute atomic E-state index is 12.2. The quantitative estimate of drug-likeness (QED) is 0.353. The summed E-state index contributed by atoms with van der Waals surface area (Å²) in [5.41, 5.74) is 1.44. The van der Waals surface area contributed by atoms with Crippen molar-refractivity contribution in [2.75, 3.05) is 39.4 Å². The summed E-state index contributed by atoms with van der Waals surface area (Å²) in [5.74, 6) is 1.18. The Kier molecular flexibility index (Phi) is 9.37. The van der Waals surface area contributed by atoms with Crippen LogP contribution in [0, 0.1) is 17.8 Å². The molecule has 2 fully saturated rings. The van der Waals surface area contributed by atoms with E-state index in [2.05, 4.69) is 24.4 Å². The van der Waals surface area contributed by atoms with Crippen molar-refractivity contribution in [2.45, 2.75) is 64.1 Å². The van der Waals surface area contributed by atoms with E-state index in [1.54, 1.807) is 0 Å². The molecule has 6 nitrogen and oxygen atoms in total. The predicted molar refractivity (Wildman–Crippen MR) is 118 cm³/mol. The van der Waals surface area contributed by atoms with Gasteiger partial charge in [0.05, 0.1) is 32.0 Å². The van der Waals surface area contributed by atoms with Crippen molar-refractivity contribution in [1.82, 2.24) is 10.2 Å². The molecule has 0 aromatic carbocycles. The number of fused-ring (bicyclic) bond motifs is 1. The second-order valence-corrected chi connectivity index (χ2v) is 9.11. The fourth-order valence-corrected chi connectivity index (χ4v) is 5.12. The topological polar surface area (TPSA) is 82.0 Å². The minimum absolute atomic E-state index is 0.139. The standard InChI is InChI=1S/C24H40N2O4/c1-2-3-4-5-20(27)6-7-21-22-15-18(14-19(22)16-23(21)28)8-9-25-17-24(29)26-10-12-30-13-11-26/h6-7,14,19-23,25,27-28H,2-5,8-13,15-17H2,1H3/t19-,20-,21+,22-,23+/m0/s1. The molecule has 1 aliphatic heterocycles. The van der Waals surface area contributed by atoms with E-state index in [1.165, 1.54) is 5.57 Å².